The molecule has 0 aliphatic carbocycles. The molecule has 0 amide bonds. The highest BCUT2D eigenvalue weighted by atomic mass is 32.2. The molecule has 1 saturated heterocycles. The monoisotopic (exact) mass is 443 g/mol. The van der Waals surface area contributed by atoms with Gasteiger partial charge in [0.05, 0.1) is 13.2 Å². The molecule has 0 saturated carbocycles. The van der Waals surface area contributed by atoms with E-state index in [-0.39, 0.29) is 6.61 Å². The summed E-state index contributed by atoms with van der Waals surface area (Å²) in [7, 11) is -0.802. The lowest BCUT2D eigenvalue weighted by Crippen LogP contribution is -2.38. The van der Waals surface area contributed by atoms with Crippen LogP contribution in [0.25, 0.3) is 11.0 Å². The van der Waals surface area contributed by atoms with Gasteiger partial charge in [0, 0.05) is 47.6 Å². The van der Waals surface area contributed by atoms with Crippen LogP contribution in [0, 0.1) is 0 Å². The molecule has 0 unspecified atom stereocenters. The predicted molar refractivity (Wildman–Crippen MR) is 122 cm³/mol. The fourth-order valence-electron chi connectivity index (χ4n) is 3.28. The van der Waals surface area contributed by atoms with Gasteiger partial charge in [-0.05, 0) is 31.2 Å². The Hall–Kier alpha value is -3.05. The number of aromatic nitrogens is 4. The number of benzene rings is 1. The SMILES string of the molecule is CCOc1ccc(Nc2ncnc3c(N4CCS(=O)CC4)nc(NCCO)nc23)cc1. The second kappa shape index (κ2) is 9.84. The third kappa shape index (κ3) is 5.00. The van der Waals surface area contributed by atoms with Crippen molar-refractivity contribution in [3.8, 4) is 5.75 Å². The van der Waals surface area contributed by atoms with Gasteiger partial charge in [0.2, 0.25) is 5.95 Å². The number of anilines is 4. The Morgan fingerprint density at radius 1 is 1.13 bits per heavy atom. The molecule has 31 heavy (non-hydrogen) atoms. The number of nitrogens with one attached hydrogen (secondary N) is 2. The Labute approximate surface area is 182 Å². The number of fused-ring (bicyclic) bond motifs is 1. The first-order valence-electron chi connectivity index (χ1n) is 10.1. The van der Waals surface area contributed by atoms with Gasteiger partial charge >= 0.3 is 0 Å². The van der Waals surface area contributed by atoms with Gasteiger partial charge in [-0.25, -0.2) is 15.0 Å². The van der Waals surface area contributed by atoms with Gasteiger partial charge in [-0.2, -0.15) is 4.98 Å². The average molecular weight is 444 g/mol. The van der Waals surface area contributed by atoms with Crippen LogP contribution in [0.2, 0.25) is 0 Å². The molecule has 0 bridgehead atoms. The van der Waals surface area contributed by atoms with Gasteiger partial charge in [-0.3, -0.25) is 4.21 Å². The Morgan fingerprint density at radius 2 is 1.90 bits per heavy atom. The van der Waals surface area contributed by atoms with Crippen molar-refractivity contribution in [2.24, 2.45) is 0 Å². The Morgan fingerprint density at radius 3 is 2.61 bits per heavy atom. The first kappa shape index (κ1) is 21.2. The number of ether oxygens (including phenoxy) is 1. The largest absolute Gasteiger partial charge is 0.494 e. The molecule has 4 rings (SSSR count). The Kier molecular flexibility index (Phi) is 6.73. The fourth-order valence-corrected chi connectivity index (χ4v) is 4.33. The minimum absolute atomic E-state index is 0.0397. The minimum atomic E-state index is -0.802. The minimum Gasteiger partial charge on any atom is -0.494 e. The number of hydrogen-bond donors (Lipinski definition) is 3. The van der Waals surface area contributed by atoms with Crippen LogP contribution in [-0.2, 0) is 10.8 Å². The van der Waals surface area contributed by atoms with Crippen LogP contribution >= 0.6 is 0 Å². The average Bonchev–Trinajstić information content (AvgIpc) is 2.79. The van der Waals surface area contributed by atoms with Crippen molar-refractivity contribution >= 4 is 45.1 Å². The van der Waals surface area contributed by atoms with Crippen molar-refractivity contribution in [2.75, 3.05) is 59.9 Å². The van der Waals surface area contributed by atoms with Crippen LogP contribution in [0.4, 0.5) is 23.3 Å². The molecule has 3 N–H and O–H groups in total. The molecule has 0 spiro atoms. The third-order valence-electron chi connectivity index (χ3n) is 4.76. The predicted octanol–water partition coefficient (Wildman–Crippen LogP) is 1.53. The maximum absolute atomic E-state index is 11.8. The van der Waals surface area contributed by atoms with Gasteiger partial charge in [-0.15, -0.1) is 0 Å². The molecule has 2 aromatic heterocycles. The van der Waals surface area contributed by atoms with Gasteiger partial charge in [0.1, 0.15) is 23.1 Å². The van der Waals surface area contributed by atoms with Crippen molar-refractivity contribution < 1.29 is 14.1 Å². The molecule has 1 aliphatic rings. The summed E-state index contributed by atoms with van der Waals surface area (Å²) >= 11 is 0. The smallest absolute Gasteiger partial charge is 0.225 e. The van der Waals surface area contributed by atoms with E-state index in [0.717, 1.165) is 11.4 Å². The normalized spacial score (nSPS) is 14.6. The van der Waals surface area contributed by atoms with Gasteiger partial charge in [0.25, 0.3) is 0 Å². The summed E-state index contributed by atoms with van der Waals surface area (Å²) in [5.74, 6) is 3.57. The summed E-state index contributed by atoms with van der Waals surface area (Å²) in [4.78, 5) is 20.1. The highest BCUT2D eigenvalue weighted by Gasteiger charge is 2.22. The molecule has 10 nitrogen and oxygen atoms in total. The van der Waals surface area contributed by atoms with E-state index >= 15 is 0 Å². The number of aliphatic hydroxyl groups is 1. The van der Waals surface area contributed by atoms with E-state index in [9.17, 15) is 9.32 Å². The zero-order chi connectivity index (χ0) is 21.6. The second-order valence-electron chi connectivity index (χ2n) is 6.86. The summed E-state index contributed by atoms with van der Waals surface area (Å²) in [6.07, 6.45) is 1.48. The number of nitrogens with zero attached hydrogens (tertiary/aromatic N) is 5. The molecule has 1 fully saturated rings. The van der Waals surface area contributed by atoms with Crippen molar-refractivity contribution in [1.29, 1.82) is 0 Å². The summed E-state index contributed by atoms with van der Waals surface area (Å²) in [5.41, 5.74) is 2.01. The number of aliphatic hydroxyl groups excluding tert-OH is 1. The molecule has 164 valence electrons. The lowest BCUT2D eigenvalue weighted by Gasteiger charge is -2.28. The van der Waals surface area contributed by atoms with E-state index in [1.54, 1.807) is 0 Å². The molecular formula is C20H25N7O3S. The standard InChI is InChI=1S/C20H25N7O3S/c1-2-30-15-5-3-14(4-6-15)24-18-16-17(22-13-23-18)19(26-20(25-16)21-7-10-28)27-8-11-31(29)12-9-27/h3-6,13,28H,2,7-12H2,1H3,(H,21,25,26)(H,22,23,24). The maximum atomic E-state index is 11.8. The van der Waals surface area contributed by atoms with E-state index in [2.05, 4.69) is 35.5 Å². The summed E-state index contributed by atoms with van der Waals surface area (Å²) < 4.78 is 17.3. The molecule has 0 atom stereocenters. The zero-order valence-corrected chi connectivity index (χ0v) is 18.1. The van der Waals surface area contributed by atoms with Crippen LogP contribution in [0.15, 0.2) is 30.6 Å². The summed E-state index contributed by atoms with van der Waals surface area (Å²) in [5, 5.41) is 15.5. The maximum Gasteiger partial charge on any atom is 0.225 e. The Bertz CT molecular complexity index is 1050. The van der Waals surface area contributed by atoms with Crippen molar-refractivity contribution in [2.45, 2.75) is 6.92 Å². The second-order valence-corrected chi connectivity index (χ2v) is 8.55. The highest BCUT2D eigenvalue weighted by molar-refractivity contribution is 7.85. The summed E-state index contributed by atoms with van der Waals surface area (Å²) in [6, 6.07) is 7.59. The van der Waals surface area contributed by atoms with Crippen LogP contribution < -0.4 is 20.3 Å². The fraction of sp³-hybridized carbons (Fsp3) is 0.400. The first-order valence-corrected chi connectivity index (χ1v) is 11.6. The molecule has 11 heteroatoms. The van der Waals surface area contributed by atoms with Crippen molar-refractivity contribution in [1.82, 2.24) is 19.9 Å². The van der Waals surface area contributed by atoms with Crippen LogP contribution in [0.3, 0.4) is 0 Å². The van der Waals surface area contributed by atoms with Crippen LogP contribution in [0.1, 0.15) is 6.92 Å². The van der Waals surface area contributed by atoms with Crippen LogP contribution in [-0.4, -0.2) is 73.6 Å². The molecular weight excluding hydrogens is 418 g/mol. The Balaban J connectivity index is 1.71. The molecule has 0 radical (unpaired) electrons. The number of rotatable bonds is 8. The van der Waals surface area contributed by atoms with E-state index in [0.29, 0.717) is 66.4 Å². The van der Waals surface area contributed by atoms with Gasteiger partial charge in [0.15, 0.2) is 11.6 Å². The third-order valence-corrected chi connectivity index (χ3v) is 6.04. The van der Waals surface area contributed by atoms with Crippen molar-refractivity contribution in [3.05, 3.63) is 30.6 Å². The molecule has 3 heterocycles. The highest BCUT2D eigenvalue weighted by Crippen LogP contribution is 2.29. The number of hydrogen-bond acceptors (Lipinski definition) is 10. The zero-order valence-electron chi connectivity index (χ0n) is 17.2. The quantitative estimate of drug-likeness (QED) is 0.472. The lowest BCUT2D eigenvalue weighted by molar-refractivity contribution is 0.311. The van der Waals surface area contributed by atoms with Crippen LogP contribution in [0.5, 0.6) is 5.75 Å². The van der Waals surface area contributed by atoms with E-state index in [4.69, 9.17) is 4.74 Å². The molecule has 1 aliphatic heterocycles. The van der Waals surface area contributed by atoms with E-state index < -0.39 is 10.8 Å². The molecule has 3 aromatic rings. The van der Waals surface area contributed by atoms with Gasteiger partial charge in [-0.1, -0.05) is 0 Å². The van der Waals surface area contributed by atoms with Crippen molar-refractivity contribution in [3.63, 3.8) is 0 Å². The van der Waals surface area contributed by atoms with E-state index in [1.807, 2.05) is 31.2 Å². The topological polar surface area (TPSA) is 125 Å². The molecule has 1 aromatic carbocycles. The van der Waals surface area contributed by atoms with Gasteiger partial charge < -0.3 is 25.4 Å². The lowest BCUT2D eigenvalue weighted by atomic mass is 10.3. The first-order chi connectivity index (χ1) is 15.2. The summed E-state index contributed by atoms with van der Waals surface area (Å²) in [6.45, 7) is 4.09. The van der Waals surface area contributed by atoms with E-state index in [1.165, 1.54) is 6.33 Å².